The van der Waals surface area contributed by atoms with Gasteiger partial charge in [-0.3, -0.25) is 4.79 Å². The van der Waals surface area contributed by atoms with Gasteiger partial charge in [-0.15, -0.1) is 0 Å². The molecule has 0 aliphatic carbocycles. The molecule has 0 bridgehead atoms. The highest BCUT2D eigenvalue weighted by atomic mass is 16.4. The van der Waals surface area contributed by atoms with Crippen molar-refractivity contribution in [2.24, 2.45) is 0 Å². The van der Waals surface area contributed by atoms with Gasteiger partial charge in [-0.25, -0.2) is 4.79 Å². The van der Waals surface area contributed by atoms with Crippen molar-refractivity contribution in [3.63, 3.8) is 0 Å². The van der Waals surface area contributed by atoms with E-state index in [4.69, 9.17) is 0 Å². The minimum atomic E-state index is -0.943. The van der Waals surface area contributed by atoms with Gasteiger partial charge in [-0.2, -0.15) is 0 Å². The van der Waals surface area contributed by atoms with Crippen molar-refractivity contribution in [3.8, 4) is 11.1 Å². The molecular formula is C34H32N2O4. The number of nitrogens with one attached hydrogen (secondary N) is 1. The summed E-state index contributed by atoms with van der Waals surface area (Å²) < 4.78 is 2.24. The summed E-state index contributed by atoms with van der Waals surface area (Å²) in [7, 11) is 0. The molecule has 5 aromatic rings. The zero-order chi connectivity index (χ0) is 28.2. The molecule has 6 heteroatoms. The molecule has 40 heavy (non-hydrogen) atoms. The van der Waals surface area contributed by atoms with Crippen LogP contribution in [-0.2, 0) is 6.54 Å². The van der Waals surface area contributed by atoms with Crippen LogP contribution < -0.4 is 5.32 Å². The number of aliphatic hydroxyl groups is 1. The Balaban J connectivity index is 1.39. The lowest BCUT2D eigenvalue weighted by Crippen LogP contribution is -2.29. The Hall–Kier alpha value is -4.68. The van der Waals surface area contributed by atoms with Crippen molar-refractivity contribution in [1.82, 2.24) is 9.88 Å². The van der Waals surface area contributed by atoms with E-state index in [1.54, 1.807) is 12.1 Å². The molecule has 0 saturated heterocycles. The maximum atomic E-state index is 13.2. The van der Waals surface area contributed by atoms with Gasteiger partial charge in [-0.05, 0) is 72.4 Å². The first-order valence-corrected chi connectivity index (χ1v) is 13.3. The Morgan fingerprint density at radius 1 is 0.875 bits per heavy atom. The second-order valence-electron chi connectivity index (χ2n) is 10.0. The molecule has 0 aliphatic heterocycles. The first-order valence-electron chi connectivity index (χ1n) is 13.3. The minimum Gasteiger partial charge on any atom is -0.478 e. The van der Waals surface area contributed by atoms with E-state index in [0.717, 1.165) is 38.9 Å². The fourth-order valence-electron chi connectivity index (χ4n) is 5.27. The Morgan fingerprint density at radius 2 is 1.57 bits per heavy atom. The molecule has 1 atom stereocenters. The lowest BCUT2D eigenvalue weighted by Gasteiger charge is -2.18. The summed E-state index contributed by atoms with van der Waals surface area (Å²) in [6, 6.07) is 30.2. The summed E-state index contributed by atoms with van der Waals surface area (Å²) in [6.07, 6.45) is 0.438. The number of carbonyl (C=O) groups excluding carboxylic acids is 1. The Morgan fingerprint density at radius 3 is 2.27 bits per heavy atom. The molecule has 6 nitrogen and oxygen atoms in total. The van der Waals surface area contributed by atoms with Crippen molar-refractivity contribution in [1.29, 1.82) is 0 Å². The number of nitrogens with zero attached hydrogens (tertiary/aromatic N) is 1. The predicted octanol–water partition coefficient (Wildman–Crippen LogP) is 6.53. The number of aryl methyl sites for hydroxylation is 1. The van der Waals surface area contributed by atoms with Crippen molar-refractivity contribution in [2.75, 3.05) is 6.61 Å². The summed E-state index contributed by atoms with van der Waals surface area (Å²) in [5, 5.41) is 23.2. The zero-order valence-corrected chi connectivity index (χ0v) is 22.6. The molecule has 1 heterocycles. The van der Waals surface area contributed by atoms with Crippen LogP contribution in [0.15, 0.2) is 97.1 Å². The number of hydrogen-bond donors (Lipinski definition) is 3. The smallest absolute Gasteiger partial charge is 0.336 e. The standard InChI is InChI=1S/C34H32N2O4/c1-22-23(2)36(21-24-12-14-25(15-13-24)28-10-6-7-11-29(28)34(39)40)32-17-16-27(20-30(22)32)33(38)35-31(18-19-37)26-8-4-3-5-9-26/h3-17,20,31,37H,18-19,21H2,1-2H3,(H,35,38)(H,39,40). The molecule has 0 saturated carbocycles. The Labute approximate surface area is 233 Å². The van der Waals surface area contributed by atoms with Crippen LogP contribution in [0.3, 0.4) is 0 Å². The van der Waals surface area contributed by atoms with E-state index in [9.17, 15) is 19.8 Å². The van der Waals surface area contributed by atoms with E-state index in [-0.39, 0.29) is 24.1 Å². The molecule has 0 fully saturated rings. The third-order valence-electron chi connectivity index (χ3n) is 7.59. The molecule has 1 aromatic heterocycles. The second-order valence-corrected chi connectivity index (χ2v) is 10.0. The van der Waals surface area contributed by atoms with Crippen LogP contribution in [0.1, 0.15) is 55.6 Å². The van der Waals surface area contributed by atoms with Gasteiger partial charge >= 0.3 is 5.97 Å². The number of rotatable bonds is 9. The molecule has 1 amide bonds. The summed E-state index contributed by atoms with van der Waals surface area (Å²) in [5.41, 5.74) is 7.74. The largest absolute Gasteiger partial charge is 0.478 e. The van der Waals surface area contributed by atoms with Crippen molar-refractivity contribution >= 4 is 22.8 Å². The van der Waals surface area contributed by atoms with E-state index in [2.05, 4.69) is 23.7 Å². The molecule has 0 spiro atoms. The van der Waals surface area contributed by atoms with Crippen LogP contribution in [0, 0.1) is 13.8 Å². The topological polar surface area (TPSA) is 91.6 Å². The van der Waals surface area contributed by atoms with Crippen LogP contribution in [0.4, 0.5) is 0 Å². The fraction of sp³-hybridized carbons (Fsp3) is 0.176. The average molecular weight is 533 g/mol. The van der Waals surface area contributed by atoms with Crippen LogP contribution in [0.2, 0.25) is 0 Å². The van der Waals surface area contributed by atoms with Gasteiger partial charge in [0.1, 0.15) is 0 Å². The van der Waals surface area contributed by atoms with Gasteiger partial charge in [-0.1, -0.05) is 72.8 Å². The normalized spacial score (nSPS) is 11.9. The first-order chi connectivity index (χ1) is 19.4. The number of hydrogen-bond acceptors (Lipinski definition) is 3. The average Bonchev–Trinajstić information content (AvgIpc) is 3.22. The highest BCUT2D eigenvalue weighted by Gasteiger charge is 2.18. The van der Waals surface area contributed by atoms with E-state index < -0.39 is 5.97 Å². The highest BCUT2D eigenvalue weighted by Crippen LogP contribution is 2.29. The van der Waals surface area contributed by atoms with E-state index >= 15 is 0 Å². The quantitative estimate of drug-likeness (QED) is 0.201. The summed E-state index contributed by atoms with van der Waals surface area (Å²) in [6.45, 7) is 4.78. The second kappa shape index (κ2) is 11.6. The van der Waals surface area contributed by atoms with Crippen LogP contribution in [-0.4, -0.2) is 33.3 Å². The van der Waals surface area contributed by atoms with Crippen LogP contribution in [0.25, 0.3) is 22.0 Å². The molecule has 4 aromatic carbocycles. The molecule has 5 rings (SSSR count). The molecule has 202 valence electrons. The maximum absolute atomic E-state index is 13.2. The number of aliphatic hydroxyl groups excluding tert-OH is 1. The van der Waals surface area contributed by atoms with Crippen molar-refractivity contribution in [3.05, 3.63) is 131 Å². The number of aromatic carboxylic acids is 1. The molecule has 3 N–H and O–H groups in total. The number of fused-ring (bicyclic) bond motifs is 1. The van der Waals surface area contributed by atoms with Gasteiger partial charge in [0.05, 0.1) is 11.6 Å². The van der Waals surface area contributed by atoms with Crippen LogP contribution >= 0.6 is 0 Å². The molecule has 0 radical (unpaired) electrons. The zero-order valence-electron chi connectivity index (χ0n) is 22.6. The first kappa shape index (κ1) is 26.9. The lowest BCUT2D eigenvalue weighted by atomic mass is 9.99. The lowest BCUT2D eigenvalue weighted by molar-refractivity contribution is 0.0697. The highest BCUT2D eigenvalue weighted by molar-refractivity contribution is 5.99. The molecule has 1 unspecified atom stereocenters. The number of carboxylic acid groups (broad SMARTS) is 1. The monoisotopic (exact) mass is 532 g/mol. The van der Waals surface area contributed by atoms with E-state index in [1.165, 1.54) is 0 Å². The fourth-order valence-corrected chi connectivity index (χ4v) is 5.27. The van der Waals surface area contributed by atoms with Crippen molar-refractivity contribution < 1.29 is 19.8 Å². The van der Waals surface area contributed by atoms with Gasteiger partial charge in [0, 0.05) is 35.3 Å². The number of amides is 1. The summed E-state index contributed by atoms with van der Waals surface area (Å²) >= 11 is 0. The van der Waals surface area contributed by atoms with E-state index in [0.29, 0.717) is 24.1 Å². The molecular weight excluding hydrogens is 500 g/mol. The van der Waals surface area contributed by atoms with Gasteiger partial charge in [0.15, 0.2) is 0 Å². The summed E-state index contributed by atoms with van der Waals surface area (Å²) in [5.74, 6) is -1.12. The van der Waals surface area contributed by atoms with Gasteiger partial charge in [0.2, 0.25) is 0 Å². The Kier molecular flexibility index (Phi) is 7.80. The van der Waals surface area contributed by atoms with Crippen molar-refractivity contribution in [2.45, 2.75) is 32.9 Å². The minimum absolute atomic E-state index is 0.0208. The summed E-state index contributed by atoms with van der Waals surface area (Å²) in [4.78, 5) is 24.9. The number of aromatic nitrogens is 1. The third kappa shape index (κ3) is 5.40. The number of benzene rings is 4. The van der Waals surface area contributed by atoms with Gasteiger partial charge < -0.3 is 20.1 Å². The Bertz CT molecular complexity index is 1670. The van der Waals surface area contributed by atoms with Gasteiger partial charge in [0.25, 0.3) is 5.91 Å². The predicted molar refractivity (Wildman–Crippen MR) is 158 cm³/mol. The number of carboxylic acids is 1. The SMILES string of the molecule is Cc1c(C)n(Cc2ccc(-c3ccccc3C(=O)O)cc2)c2ccc(C(=O)NC(CCO)c3ccccc3)cc12. The maximum Gasteiger partial charge on any atom is 0.336 e. The van der Waals surface area contributed by atoms with E-state index in [1.807, 2.05) is 84.9 Å². The number of carbonyl (C=O) groups is 2. The molecule has 0 aliphatic rings. The van der Waals surface area contributed by atoms with Crippen LogP contribution in [0.5, 0.6) is 0 Å². The third-order valence-corrected chi connectivity index (χ3v) is 7.59.